The molecule has 0 heterocycles. The van der Waals surface area contributed by atoms with Gasteiger partial charge >= 0.3 is 5.97 Å². The minimum atomic E-state index is -0.492. The Morgan fingerprint density at radius 3 is 2.08 bits per heavy atom. The third-order valence-corrected chi connectivity index (χ3v) is 4.14. The summed E-state index contributed by atoms with van der Waals surface area (Å²) < 4.78 is 4.60. The highest BCUT2D eigenvalue weighted by molar-refractivity contribution is 6.39. The highest BCUT2D eigenvalue weighted by atomic mass is 35.5. The first-order valence-corrected chi connectivity index (χ1v) is 8.26. The number of para-hydroxylation sites is 1. The molecule has 0 aromatic heterocycles. The van der Waals surface area contributed by atoms with Crippen molar-refractivity contribution in [3.8, 4) is 0 Å². The Balaban J connectivity index is 2.02. The number of rotatable bonds is 5. The van der Waals surface area contributed by atoms with Crippen LogP contribution in [0.5, 0.6) is 0 Å². The van der Waals surface area contributed by atoms with E-state index in [9.17, 15) is 14.4 Å². The van der Waals surface area contributed by atoms with Crippen molar-refractivity contribution in [1.29, 1.82) is 0 Å². The number of methoxy groups -OCH3 is 1. The maximum Gasteiger partial charge on any atom is 0.337 e. The molecule has 2 aromatic rings. The quantitative estimate of drug-likeness (QED) is 0.787. The monoisotopic (exact) mass is 394 g/mol. The van der Waals surface area contributed by atoms with Crippen molar-refractivity contribution in [3.05, 3.63) is 63.6 Å². The van der Waals surface area contributed by atoms with E-state index in [4.69, 9.17) is 23.2 Å². The molecule has 0 spiro atoms. The van der Waals surface area contributed by atoms with Crippen LogP contribution in [0.1, 0.15) is 20.7 Å². The molecule has 2 amide bonds. The van der Waals surface area contributed by atoms with Crippen molar-refractivity contribution < 1.29 is 19.1 Å². The van der Waals surface area contributed by atoms with Gasteiger partial charge in [-0.3, -0.25) is 9.59 Å². The fourth-order valence-electron chi connectivity index (χ4n) is 2.17. The van der Waals surface area contributed by atoms with Gasteiger partial charge in [0.1, 0.15) is 0 Å². The minimum Gasteiger partial charge on any atom is -0.465 e. The average molecular weight is 395 g/mol. The first-order chi connectivity index (χ1) is 12.3. The second-order valence-electron chi connectivity index (χ2n) is 5.37. The van der Waals surface area contributed by atoms with E-state index in [1.54, 1.807) is 18.2 Å². The number of carbonyl (C=O) groups is 3. The van der Waals surface area contributed by atoms with Gasteiger partial charge in [0.2, 0.25) is 5.91 Å². The Bertz CT molecular complexity index is 817. The highest BCUT2D eigenvalue weighted by Crippen LogP contribution is 2.29. The van der Waals surface area contributed by atoms with Crippen molar-refractivity contribution in [3.63, 3.8) is 0 Å². The molecule has 8 heteroatoms. The summed E-state index contributed by atoms with van der Waals surface area (Å²) in [5.41, 5.74) is 0.964. The van der Waals surface area contributed by atoms with Gasteiger partial charge in [-0.05, 0) is 36.4 Å². The van der Waals surface area contributed by atoms with Gasteiger partial charge in [0, 0.05) is 12.6 Å². The molecule has 0 saturated carbocycles. The van der Waals surface area contributed by atoms with Gasteiger partial charge in [-0.2, -0.15) is 0 Å². The van der Waals surface area contributed by atoms with Gasteiger partial charge in [-0.1, -0.05) is 29.3 Å². The zero-order valence-corrected chi connectivity index (χ0v) is 15.6. The molecule has 2 rings (SSSR count). The van der Waals surface area contributed by atoms with Gasteiger partial charge in [-0.15, -0.1) is 0 Å². The van der Waals surface area contributed by atoms with Gasteiger partial charge in [0.15, 0.2) is 0 Å². The van der Waals surface area contributed by atoms with Crippen LogP contribution in [0.4, 0.5) is 5.69 Å². The predicted molar refractivity (Wildman–Crippen MR) is 99.8 cm³/mol. The SMILES string of the molecule is COC(=O)c1ccc(C(=O)N(C)CC(=O)Nc2c(Cl)cccc2Cl)cc1. The van der Waals surface area contributed by atoms with E-state index >= 15 is 0 Å². The predicted octanol–water partition coefficient (Wildman–Crippen LogP) is 3.49. The number of nitrogens with one attached hydrogen (secondary N) is 1. The molecule has 0 fully saturated rings. The van der Waals surface area contributed by atoms with E-state index in [-0.39, 0.29) is 12.5 Å². The van der Waals surface area contributed by atoms with Crippen LogP contribution in [-0.2, 0) is 9.53 Å². The zero-order valence-electron chi connectivity index (χ0n) is 14.1. The molecule has 0 aliphatic heterocycles. The van der Waals surface area contributed by atoms with E-state index < -0.39 is 11.9 Å². The number of anilines is 1. The van der Waals surface area contributed by atoms with E-state index in [2.05, 4.69) is 10.1 Å². The topological polar surface area (TPSA) is 75.7 Å². The summed E-state index contributed by atoms with van der Waals surface area (Å²) in [6, 6.07) is 10.8. The van der Waals surface area contributed by atoms with Crippen molar-refractivity contribution >= 4 is 46.7 Å². The van der Waals surface area contributed by atoms with Crippen LogP contribution in [0.2, 0.25) is 10.0 Å². The molecule has 0 bridgehead atoms. The van der Waals surface area contributed by atoms with E-state index in [1.165, 1.54) is 43.3 Å². The minimum absolute atomic E-state index is 0.195. The van der Waals surface area contributed by atoms with Crippen LogP contribution >= 0.6 is 23.2 Å². The molecular weight excluding hydrogens is 379 g/mol. The smallest absolute Gasteiger partial charge is 0.337 e. The molecule has 6 nitrogen and oxygen atoms in total. The van der Waals surface area contributed by atoms with Crippen molar-refractivity contribution in [2.75, 3.05) is 26.0 Å². The Morgan fingerprint density at radius 2 is 1.54 bits per heavy atom. The average Bonchev–Trinajstić information content (AvgIpc) is 2.63. The van der Waals surface area contributed by atoms with Crippen LogP contribution < -0.4 is 5.32 Å². The van der Waals surface area contributed by atoms with Crippen molar-refractivity contribution in [2.24, 2.45) is 0 Å². The van der Waals surface area contributed by atoms with Crippen LogP contribution in [0, 0.1) is 0 Å². The molecular formula is C18H16Cl2N2O4. The van der Waals surface area contributed by atoms with E-state index in [0.29, 0.717) is 26.9 Å². The Morgan fingerprint density at radius 1 is 1.00 bits per heavy atom. The van der Waals surface area contributed by atoms with Crippen molar-refractivity contribution in [1.82, 2.24) is 4.90 Å². The maximum absolute atomic E-state index is 12.4. The van der Waals surface area contributed by atoms with Gasteiger partial charge in [-0.25, -0.2) is 4.79 Å². The lowest BCUT2D eigenvalue weighted by Crippen LogP contribution is -2.35. The fourth-order valence-corrected chi connectivity index (χ4v) is 2.66. The highest BCUT2D eigenvalue weighted by Gasteiger charge is 2.17. The second kappa shape index (κ2) is 8.69. The normalized spacial score (nSPS) is 10.2. The number of benzene rings is 2. The Kier molecular flexibility index (Phi) is 6.60. The van der Waals surface area contributed by atoms with Crippen LogP contribution in [0.15, 0.2) is 42.5 Å². The third kappa shape index (κ3) is 4.74. The Labute approximate surface area is 160 Å². The lowest BCUT2D eigenvalue weighted by molar-refractivity contribution is -0.116. The largest absolute Gasteiger partial charge is 0.465 e. The molecule has 26 heavy (non-hydrogen) atoms. The summed E-state index contributed by atoms with van der Waals surface area (Å²) >= 11 is 12.0. The summed E-state index contributed by atoms with van der Waals surface area (Å²) in [6.45, 7) is -0.195. The first kappa shape index (κ1) is 19.8. The molecule has 0 atom stereocenters. The van der Waals surface area contributed by atoms with Crippen molar-refractivity contribution in [2.45, 2.75) is 0 Å². The lowest BCUT2D eigenvalue weighted by Gasteiger charge is -2.17. The van der Waals surface area contributed by atoms with Gasteiger partial charge in [0.05, 0.1) is 35.0 Å². The third-order valence-electron chi connectivity index (χ3n) is 3.51. The molecule has 2 aromatic carbocycles. The van der Waals surface area contributed by atoms with Gasteiger partial charge in [0.25, 0.3) is 5.91 Å². The second-order valence-corrected chi connectivity index (χ2v) is 6.19. The first-order valence-electron chi connectivity index (χ1n) is 7.51. The number of hydrogen-bond donors (Lipinski definition) is 1. The fraction of sp³-hybridized carbons (Fsp3) is 0.167. The molecule has 0 unspecified atom stereocenters. The molecule has 136 valence electrons. The number of likely N-dealkylation sites (N-methyl/N-ethyl adjacent to an activating group) is 1. The molecule has 0 aliphatic rings. The molecule has 0 aliphatic carbocycles. The van der Waals surface area contributed by atoms with Crippen LogP contribution in [0.3, 0.4) is 0 Å². The summed E-state index contributed by atoms with van der Waals surface area (Å²) in [7, 11) is 2.77. The molecule has 1 N–H and O–H groups in total. The van der Waals surface area contributed by atoms with Crippen LogP contribution in [0.25, 0.3) is 0 Å². The number of ether oxygens (including phenoxy) is 1. The zero-order chi connectivity index (χ0) is 19.3. The maximum atomic E-state index is 12.4. The number of esters is 1. The summed E-state index contributed by atoms with van der Waals surface area (Å²) in [5, 5.41) is 3.20. The van der Waals surface area contributed by atoms with Gasteiger partial charge < -0.3 is 15.0 Å². The number of nitrogens with zero attached hydrogens (tertiary/aromatic N) is 1. The Hall–Kier alpha value is -2.57. The van der Waals surface area contributed by atoms with E-state index in [0.717, 1.165) is 0 Å². The van der Waals surface area contributed by atoms with Crippen LogP contribution in [-0.4, -0.2) is 43.4 Å². The molecule has 0 radical (unpaired) electrons. The number of halogens is 2. The molecule has 0 saturated heterocycles. The van der Waals surface area contributed by atoms with E-state index in [1.807, 2.05) is 0 Å². The number of carbonyl (C=O) groups excluding carboxylic acids is 3. The standard InChI is InChI=1S/C18H16Cl2N2O4/c1-22(10-15(23)21-16-13(19)4-3-5-14(16)20)17(24)11-6-8-12(9-7-11)18(25)26-2/h3-9H,10H2,1-2H3,(H,21,23). The summed E-state index contributed by atoms with van der Waals surface area (Å²) in [5.74, 6) is -1.31. The summed E-state index contributed by atoms with van der Waals surface area (Å²) in [4.78, 5) is 37.2. The summed E-state index contributed by atoms with van der Waals surface area (Å²) in [6.07, 6.45) is 0. The lowest BCUT2D eigenvalue weighted by atomic mass is 10.1. The number of hydrogen-bond acceptors (Lipinski definition) is 4. The number of amides is 2.